The third-order valence-electron chi connectivity index (χ3n) is 3.37. The van der Waals surface area contributed by atoms with E-state index in [9.17, 15) is 4.79 Å². The normalized spacial score (nSPS) is 14.1. The zero-order valence-corrected chi connectivity index (χ0v) is 12.4. The zero-order valence-electron chi connectivity index (χ0n) is 10.9. The van der Waals surface area contributed by atoms with E-state index in [0.717, 1.165) is 18.4 Å². The molecule has 1 aromatic rings. The first-order valence-corrected chi connectivity index (χ1v) is 7.10. The van der Waals surface area contributed by atoms with Gasteiger partial charge < -0.3 is 10.8 Å². The van der Waals surface area contributed by atoms with Gasteiger partial charge in [-0.25, -0.2) is 0 Å². The van der Waals surface area contributed by atoms with Crippen molar-refractivity contribution in [3.05, 3.63) is 33.8 Å². The smallest absolute Gasteiger partial charge is 0.307 e. The number of halogens is 2. The summed E-state index contributed by atoms with van der Waals surface area (Å²) in [6.07, 6.45) is 2.16. The summed E-state index contributed by atoms with van der Waals surface area (Å²) in [4.78, 5) is 11.0. The Bertz CT molecular complexity index is 437. The van der Waals surface area contributed by atoms with Crippen molar-refractivity contribution in [2.24, 2.45) is 17.6 Å². The second-order valence-corrected chi connectivity index (χ2v) is 5.48. The highest BCUT2D eigenvalue weighted by Gasteiger charge is 2.21. The van der Waals surface area contributed by atoms with Crippen molar-refractivity contribution in [1.29, 1.82) is 0 Å². The van der Waals surface area contributed by atoms with Gasteiger partial charge in [0.25, 0.3) is 0 Å². The molecular formula is C14H19Cl2NO2. The average molecular weight is 304 g/mol. The lowest BCUT2D eigenvalue weighted by Crippen LogP contribution is -2.26. The van der Waals surface area contributed by atoms with Crippen molar-refractivity contribution in [3.63, 3.8) is 0 Å². The number of nitrogens with two attached hydrogens (primary N) is 1. The summed E-state index contributed by atoms with van der Waals surface area (Å²) < 4.78 is 0. The zero-order chi connectivity index (χ0) is 14.4. The van der Waals surface area contributed by atoms with E-state index in [4.69, 9.17) is 34.0 Å². The second-order valence-electron chi connectivity index (χ2n) is 4.70. The van der Waals surface area contributed by atoms with Crippen LogP contribution in [-0.4, -0.2) is 17.6 Å². The highest BCUT2D eigenvalue weighted by atomic mass is 35.5. The molecule has 0 aliphatic rings. The summed E-state index contributed by atoms with van der Waals surface area (Å²) in [7, 11) is 0. The van der Waals surface area contributed by atoms with Crippen LogP contribution in [-0.2, 0) is 11.2 Å². The molecule has 0 fully saturated rings. The monoisotopic (exact) mass is 303 g/mol. The topological polar surface area (TPSA) is 63.3 Å². The summed E-state index contributed by atoms with van der Waals surface area (Å²) in [5, 5.41) is 10.1. The molecule has 0 amide bonds. The van der Waals surface area contributed by atoms with E-state index in [1.807, 2.05) is 19.1 Å². The van der Waals surface area contributed by atoms with Gasteiger partial charge in [-0.2, -0.15) is 0 Å². The number of hydrogen-bond donors (Lipinski definition) is 2. The summed E-state index contributed by atoms with van der Waals surface area (Å²) in [6.45, 7) is 2.20. The molecule has 0 aliphatic heterocycles. The Morgan fingerprint density at radius 1 is 1.42 bits per heavy atom. The Labute approximate surface area is 123 Å². The molecule has 3 N–H and O–H groups in total. The minimum atomic E-state index is -0.835. The fourth-order valence-corrected chi connectivity index (χ4v) is 2.51. The van der Waals surface area contributed by atoms with Crippen molar-refractivity contribution in [3.8, 4) is 0 Å². The quantitative estimate of drug-likeness (QED) is 0.809. The average Bonchev–Trinajstić information content (AvgIpc) is 2.38. The Morgan fingerprint density at radius 2 is 2.11 bits per heavy atom. The lowest BCUT2D eigenvalue weighted by atomic mass is 9.87. The lowest BCUT2D eigenvalue weighted by molar-refractivity contribution is -0.142. The number of carbonyl (C=O) groups is 1. The summed E-state index contributed by atoms with van der Waals surface area (Å²) in [6, 6.07) is 5.53. The Hall–Kier alpha value is -0.770. The van der Waals surface area contributed by atoms with Crippen LogP contribution in [0, 0.1) is 11.8 Å². The van der Waals surface area contributed by atoms with E-state index in [1.54, 1.807) is 6.07 Å². The highest BCUT2D eigenvalue weighted by molar-refractivity contribution is 6.42. The summed E-state index contributed by atoms with van der Waals surface area (Å²) in [5.41, 5.74) is 6.46. The van der Waals surface area contributed by atoms with Crippen LogP contribution in [0.25, 0.3) is 0 Å². The van der Waals surface area contributed by atoms with Crippen LogP contribution in [0.2, 0.25) is 10.0 Å². The van der Waals surface area contributed by atoms with Gasteiger partial charge in [-0.1, -0.05) is 48.7 Å². The van der Waals surface area contributed by atoms with Gasteiger partial charge in [0.1, 0.15) is 0 Å². The molecule has 19 heavy (non-hydrogen) atoms. The van der Waals surface area contributed by atoms with Crippen LogP contribution in [0.1, 0.15) is 25.3 Å². The predicted octanol–water partition coefficient (Wildman–Crippen LogP) is 3.61. The third-order valence-corrected chi connectivity index (χ3v) is 4.23. The largest absolute Gasteiger partial charge is 0.481 e. The number of carboxylic acid groups (broad SMARTS) is 1. The second kappa shape index (κ2) is 7.73. The standard InChI is InChI=1S/C14H19Cl2NO2/c1-2-9(7-11(8-17)14(18)19)6-10-4-3-5-12(15)13(10)16/h3-5,9,11H,2,6-8,17H2,1H3,(H,18,19). The van der Waals surface area contributed by atoms with Crippen LogP contribution in [0.15, 0.2) is 18.2 Å². The van der Waals surface area contributed by atoms with Crippen molar-refractivity contribution in [1.82, 2.24) is 0 Å². The van der Waals surface area contributed by atoms with E-state index in [1.165, 1.54) is 0 Å². The first-order chi connectivity index (χ1) is 8.99. The van der Waals surface area contributed by atoms with E-state index < -0.39 is 11.9 Å². The molecule has 5 heteroatoms. The van der Waals surface area contributed by atoms with Crippen LogP contribution >= 0.6 is 23.2 Å². The van der Waals surface area contributed by atoms with Crippen LogP contribution in [0.5, 0.6) is 0 Å². The number of benzene rings is 1. The van der Waals surface area contributed by atoms with Gasteiger partial charge >= 0.3 is 5.97 Å². The van der Waals surface area contributed by atoms with Gasteiger partial charge in [0.2, 0.25) is 0 Å². The van der Waals surface area contributed by atoms with Crippen LogP contribution < -0.4 is 5.73 Å². The van der Waals surface area contributed by atoms with Gasteiger partial charge in [0.15, 0.2) is 0 Å². The van der Waals surface area contributed by atoms with Crippen LogP contribution in [0.4, 0.5) is 0 Å². The maximum atomic E-state index is 11.0. The minimum Gasteiger partial charge on any atom is -0.481 e. The van der Waals surface area contributed by atoms with Gasteiger partial charge in [0, 0.05) is 6.54 Å². The van der Waals surface area contributed by atoms with E-state index in [2.05, 4.69) is 0 Å². The van der Waals surface area contributed by atoms with Crippen molar-refractivity contribution < 1.29 is 9.90 Å². The molecule has 2 unspecified atom stereocenters. The molecule has 1 rings (SSSR count). The molecule has 0 spiro atoms. The number of carboxylic acids is 1. The van der Waals surface area contributed by atoms with Gasteiger partial charge in [0.05, 0.1) is 16.0 Å². The molecule has 0 aliphatic carbocycles. The van der Waals surface area contributed by atoms with Crippen LogP contribution in [0.3, 0.4) is 0 Å². The molecule has 0 bridgehead atoms. The Balaban J connectivity index is 2.76. The van der Waals surface area contributed by atoms with Crippen molar-refractivity contribution in [2.45, 2.75) is 26.2 Å². The number of hydrogen-bond acceptors (Lipinski definition) is 2. The lowest BCUT2D eigenvalue weighted by Gasteiger charge is -2.19. The van der Waals surface area contributed by atoms with E-state index in [-0.39, 0.29) is 12.5 Å². The SMILES string of the molecule is CCC(Cc1cccc(Cl)c1Cl)CC(CN)C(=O)O. The molecule has 0 saturated carbocycles. The van der Waals surface area contributed by atoms with Gasteiger partial charge in [-0.15, -0.1) is 0 Å². The molecule has 0 aromatic heterocycles. The summed E-state index contributed by atoms with van der Waals surface area (Å²) >= 11 is 12.1. The number of rotatable bonds is 7. The predicted molar refractivity (Wildman–Crippen MR) is 78.7 cm³/mol. The Morgan fingerprint density at radius 3 is 2.63 bits per heavy atom. The third kappa shape index (κ3) is 4.68. The minimum absolute atomic E-state index is 0.162. The first kappa shape index (κ1) is 16.3. The van der Waals surface area contributed by atoms with Crippen molar-refractivity contribution >= 4 is 29.2 Å². The Kier molecular flexibility index (Phi) is 6.63. The maximum Gasteiger partial charge on any atom is 0.307 e. The fourth-order valence-electron chi connectivity index (χ4n) is 2.11. The first-order valence-electron chi connectivity index (χ1n) is 6.35. The van der Waals surface area contributed by atoms with Crippen molar-refractivity contribution in [2.75, 3.05) is 6.54 Å². The van der Waals surface area contributed by atoms with Gasteiger partial charge in [-0.3, -0.25) is 4.79 Å². The summed E-state index contributed by atoms with van der Waals surface area (Å²) in [5.74, 6) is -1.10. The molecule has 2 atom stereocenters. The maximum absolute atomic E-state index is 11.0. The van der Waals surface area contributed by atoms with Gasteiger partial charge in [-0.05, 0) is 30.4 Å². The molecule has 0 heterocycles. The van der Waals surface area contributed by atoms with E-state index in [0.29, 0.717) is 16.5 Å². The molecule has 1 aromatic carbocycles. The highest BCUT2D eigenvalue weighted by Crippen LogP contribution is 2.29. The molecule has 0 radical (unpaired) electrons. The molecule has 3 nitrogen and oxygen atoms in total. The van der Waals surface area contributed by atoms with E-state index >= 15 is 0 Å². The fraction of sp³-hybridized carbons (Fsp3) is 0.500. The number of aliphatic carboxylic acids is 1. The molecule has 0 saturated heterocycles. The molecular weight excluding hydrogens is 285 g/mol. The molecule has 106 valence electrons.